The van der Waals surface area contributed by atoms with E-state index in [-0.39, 0.29) is 59.9 Å². The number of hydrogen-bond acceptors (Lipinski definition) is 11. The standard InChI is InChI=1S/C34H33BrCl2N6O10/c1-39-20-13-24(52-4)23(51-3)12-19(20)38-18(28(39)45)7-8-40-31(48)42-9-6-17-21(43(42)32(40)49)14-33(36)29(46)41(15-35)30(47)34(33,37)27(17)26-22(44)10-16(50-2)11-25(26)53-5/h6,10-13,21,27,44H,7-9,14-15H2,1-5H3/t21-,27-,33-,34+/m1/s1. The van der Waals surface area contributed by atoms with Crippen molar-refractivity contribution in [2.75, 3.05) is 33.9 Å². The van der Waals surface area contributed by atoms with Crippen LogP contribution >= 0.6 is 39.1 Å². The summed E-state index contributed by atoms with van der Waals surface area (Å²) in [6.45, 7) is -0.350. The van der Waals surface area contributed by atoms with Gasteiger partial charge < -0.3 is 28.6 Å². The van der Waals surface area contributed by atoms with Crippen LogP contribution in [0.2, 0.25) is 0 Å². The summed E-state index contributed by atoms with van der Waals surface area (Å²) in [5.41, 5.74) is -0.668. The molecule has 2 aromatic carbocycles. The van der Waals surface area contributed by atoms with Crippen molar-refractivity contribution in [3.63, 3.8) is 0 Å². The lowest BCUT2D eigenvalue weighted by molar-refractivity contribution is -0.138. The quantitative estimate of drug-likeness (QED) is 0.113. The maximum atomic E-state index is 14.3. The minimum atomic E-state index is -2.19. The summed E-state index contributed by atoms with van der Waals surface area (Å²) in [5.74, 6) is -2.17. The predicted octanol–water partition coefficient (Wildman–Crippen LogP) is 2.39. The highest BCUT2D eigenvalue weighted by molar-refractivity contribution is 9.09. The summed E-state index contributed by atoms with van der Waals surface area (Å²) in [7, 11) is 7.27. The van der Waals surface area contributed by atoms with E-state index >= 15 is 0 Å². The van der Waals surface area contributed by atoms with Crippen molar-refractivity contribution in [1.29, 1.82) is 0 Å². The van der Waals surface area contributed by atoms with Crippen LogP contribution in [0.25, 0.3) is 11.0 Å². The monoisotopic (exact) mass is 834 g/mol. The molecule has 0 unspecified atom stereocenters. The van der Waals surface area contributed by atoms with E-state index in [1.807, 2.05) is 0 Å². The van der Waals surface area contributed by atoms with E-state index in [0.29, 0.717) is 28.1 Å². The number of aromatic hydroxyl groups is 1. The van der Waals surface area contributed by atoms with E-state index in [0.717, 1.165) is 9.47 Å². The molecular formula is C34H33BrCl2N6O10. The fourth-order valence-electron chi connectivity index (χ4n) is 7.83. The van der Waals surface area contributed by atoms with Gasteiger partial charge in [0.2, 0.25) is 0 Å². The minimum Gasteiger partial charge on any atom is -0.507 e. The molecule has 19 heteroatoms. The number of aryl methyl sites for hydroxylation is 2. The smallest absolute Gasteiger partial charge is 0.347 e. The van der Waals surface area contributed by atoms with Gasteiger partial charge in [-0.05, 0) is 5.57 Å². The largest absolute Gasteiger partial charge is 0.507 e. The van der Waals surface area contributed by atoms with Gasteiger partial charge in [-0.3, -0.25) is 19.3 Å². The number of amides is 2. The zero-order chi connectivity index (χ0) is 38.3. The summed E-state index contributed by atoms with van der Waals surface area (Å²) >= 11 is 17.7. The van der Waals surface area contributed by atoms with Gasteiger partial charge in [-0.15, -0.1) is 23.2 Å². The Morgan fingerprint density at radius 3 is 2.25 bits per heavy atom. The molecule has 1 aliphatic carbocycles. The average molecular weight is 836 g/mol. The van der Waals surface area contributed by atoms with Crippen molar-refractivity contribution >= 4 is 62.0 Å². The van der Waals surface area contributed by atoms with Gasteiger partial charge in [-0.1, -0.05) is 22.0 Å². The Hall–Kier alpha value is -4.74. The number of nitrogens with zero attached hydrogens (tertiary/aromatic N) is 6. The molecule has 1 N–H and O–H groups in total. The number of alkyl halides is 3. The molecule has 2 amide bonds. The lowest BCUT2D eigenvalue weighted by atomic mass is 9.64. The maximum absolute atomic E-state index is 14.3. The zero-order valence-electron chi connectivity index (χ0n) is 29.0. The zero-order valence-corrected chi connectivity index (χ0v) is 32.1. The summed E-state index contributed by atoms with van der Waals surface area (Å²) in [4.78, 5) is 70.7. The molecule has 1 saturated carbocycles. The molecule has 0 bridgehead atoms. The van der Waals surface area contributed by atoms with Crippen LogP contribution in [0.5, 0.6) is 28.7 Å². The number of carbonyl (C=O) groups excluding carboxylic acids is 2. The van der Waals surface area contributed by atoms with E-state index in [4.69, 9.17) is 42.1 Å². The molecule has 0 radical (unpaired) electrons. The number of benzene rings is 2. The first-order chi connectivity index (χ1) is 25.2. The van der Waals surface area contributed by atoms with Crippen LogP contribution in [0, 0.1) is 0 Å². The third-order valence-electron chi connectivity index (χ3n) is 10.4. The van der Waals surface area contributed by atoms with E-state index in [1.54, 1.807) is 25.3 Å². The van der Waals surface area contributed by atoms with Gasteiger partial charge in [0.15, 0.2) is 21.2 Å². The predicted molar refractivity (Wildman–Crippen MR) is 195 cm³/mol. The number of aromatic nitrogens is 5. The van der Waals surface area contributed by atoms with E-state index in [9.17, 15) is 29.1 Å². The Labute approximate surface area is 318 Å². The minimum absolute atomic E-state index is 0.0394. The first-order valence-corrected chi connectivity index (χ1v) is 18.1. The number of rotatable bonds is 9. The Morgan fingerprint density at radius 2 is 1.60 bits per heavy atom. The molecule has 2 fully saturated rings. The van der Waals surface area contributed by atoms with Gasteiger partial charge in [0, 0.05) is 62.2 Å². The summed E-state index contributed by atoms with van der Waals surface area (Å²) < 4.78 is 26.5. The molecular weight excluding hydrogens is 803 g/mol. The molecule has 16 nitrogen and oxygen atoms in total. The topological polar surface area (TPSA) is 178 Å². The molecule has 7 rings (SSSR count). The number of imide groups is 1. The molecule has 4 aromatic rings. The number of phenolic OH excluding ortho intramolecular Hbond substituents is 1. The molecule has 53 heavy (non-hydrogen) atoms. The molecule has 3 aliphatic rings. The second-order valence-corrected chi connectivity index (χ2v) is 14.5. The van der Waals surface area contributed by atoms with Crippen LogP contribution in [0.15, 0.2) is 50.3 Å². The van der Waals surface area contributed by atoms with E-state index in [2.05, 4.69) is 20.9 Å². The van der Waals surface area contributed by atoms with Gasteiger partial charge in [0.25, 0.3) is 17.4 Å². The molecule has 1 saturated heterocycles. The third kappa shape index (κ3) is 4.99. The number of allylic oxidation sites excluding steroid dienone is 2. The summed E-state index contributed by atoms with van der Waals surface area (Å²) in [6, 6.07) is 4.97. The fourth-order valence-corrected chi connectivity index (χ4v) is 9.21. The molecule has 2 aliphatic heterocycles. The van der Waals surface area contributed by atoms with Crippen LogP contribution in [0.1, 0.15) is 29.6 Å². The highest BCUT2D eigenvalue weighted by Crippen LogP contribution is 2.65. The van der Waals surface area contributed by atoms with Crippen LogP contribution in [-0.4, -0.2) is 88.9 Å². The fraction of sp³-hybridized carbons (Fsp3) is 0.412. The molecule has 280 valence electrons. The lowest BCUT2D eigenvalue weighted by Crippen LogP contribution is -2.59. The highest BCUT2D eigenvalue weighted by atomic mass is 79.9. The maximum Gasteiger partial charge on any atom is 0.347 e. The Bertz CT molecular complexity index is 2460. The Morgan fingerprint density at radius 1 is 0.925 bits per heavy atom. The SMILES string of the molecule is COc1cc(O)c([C@H]2C3=CCn4c(=O)n(CCc5nc6cc(OC)c(OC)cc6n(C)c5=O)c(=O)n4[C@@H]3C[C@@]3(Cl)C(=O)N(CBr)C(=O)[C@@]23Cl)c(OC)c1. The molecule has 2 aromatic heterocycles. The second-order valence-electron chi connectivity index (χ2n) is 12.8. The Balaban J connectivity index is 1.35. The molecule has 4 heterocycles. The first-order valence-electron chi connectivity index (χ1n) is 16.2. The number of likely N-dealkylation sites (tertiary alicyclic amines) is 1. The van der Waals surface area contributed by atoms with Crippen LogP contribution in [0.4, 0.5) is 0 Å². The van der Waals surface area contributed by atoms with Crippen LogP contribution in [0.3, 0.4) is 0 Å². The summed E-state index contributed by atoms with van der Waals surface area (Å²) in [6.07, 6.45) is 1.20. The second kappa shape index (κ2) is 13.0. The van der Waals surface area contributed by atoms with Crippen molar-refractivity contribution in [3.05, 3.63) is 78.5 Å². The van der Waals surface area contributed by atoms with E-state index < -0.39 is 50.5 Å². The Kier molecular flexibility index (Phi) is 8.97. The third-order valence-corrected chi connectivity index (χ3v) is 12.3. The number of halogens is 3. The van der Waals surface area contributed by atoms with Gasteiger partial charge in [-0.25, -0.2) is 28.5 Å². The van der Waals surface area contributed by atoms with Crippen LogP contribution < -0.4 is 35.9 Å². The van der Waals surface area contributed by atoms with E-state index in [1.165, 1.54) is 54.5 Å². The molecule has 4 atom stereocenters. The first kappa shape index (κ1) is 36.6. The van der Waals surface area contributed by atoms with Gasteiger partial charge in [-0.2, -0.15) is 0 Å². The summed E-state index contributed by atoms with van der Waals surface area (Å²) in [5, 5.41) is 11.4. The van der Waals surface area contributed by atoms with Crippen molar-refractivity contribution in [3.8, 4) is 28.7 Å². The highest BCUT2D eigenvalue weighted by Gasteiger charge is 2.76. The average Bonchev–Trinajstić information content (AvgIpc) is 3.48. The van der Waals surface area contributed by atoms with Crippen LogP contribution in [-0.2, 0) is 36.1 Å². The number of methoxy groups -OCH3 is 4. The van der Waals surface area contributed by atoms with Gasteiger partial charge in [0.05, 0.1) is 57.5 Å². The number of hydrogen-bond donors (Lipinski definition) is 1. The normalized spacial score (nSPS) is 23.4. The van der Waals surface area contributed by atoms with Gasteiger partial charge in [0.1, 0.15) is 22.9 Å². The van der Waals surface area contributed by atoms with Crippen molar-refractivity contribution < 1.29 is 33.6 Å². The number of phenols is 1. The number of carbonyl (C=O) groups is 2. The molecule has 0 spiro atoms. The van der Waals surface area contributed by atoms with Crippen molar-refractivity contribution in [2.45, 2.75) is 47.6 Å². The van der Waals surface area contributed by atoms with Crippen molar-refractivity contribution in [1.82, 2.24) is 28.4 Å². The number of fused-ring (bicyclic) bond motifs is 5. The lowest BCUT2D eigenvalue weighted by Gasteiger charge is -2.49. The van der Waals surface area contributed by atoms with Crippen molar-refractivity contribution in [2.24, 2.45) is 7.05 Å². The van der Waals surface area contributed by atoms with Gasteiger partial charge >= 0.3 is 11.4 Å². The number of ether oxygens (including phenoxy) is 4.